The zero-order chi connectivity index (χ0) is 11.0. The molecule has 0 saturated heterocycles. The molecule has 2 aromatic carbocycles. The van der Waals surface area contributed by atoms with Crippen LogP contribution < -0.4 is 0 Å². The third-order valence-electron chi connectivity index (χ3n) is 2.16. The predicted octanol–water partition coefficient (Wildman–Crippen LogP) is 3.44. The number of fused-ring (bicyclic) bond motifs is 1. The topological polar surface area (TPSA) is 37.3 Å². The highest BCUT2D eigenvalue weighted by molar-refractivity contribution is 9.10. The van der Waals surface area contributed by atoms with Crippen molar-refractivity contribution in [1.29, 1.82) is 0 Å². The van der Waals surface area contributed by atoms with Crippen molar-refractivity contribution in [3.05, 3.63) is 46.2 Å². The van der Waals surface area contributed by atoms with Crippen LogP contribution in [-0.2, 0) is 0 Å². The maximum Gasteiger partial charge on any atom is 0.339 e. The lowest BCUT2D eigenvalue weighted by Gasteiger charge is -2.05. The van der Waals surface area contributed by atoms with E-state index >= 15 is 0 Å². The lowest BCUT2D eigenvalue weighted by molar-refractivity contribution is 0.0694. The Kier molecular flexibility index (Phi) is 2.44. The van der Waals surface area contributed by atoms with Crippen LogP contribution in [0.5, 0.6) is 0 Å². The predicted molar refractivity (Wildman–Crippen MR) is 58.6 cm³/mol. The molecule has 0 unspecified atom stereocenters. The summed E-state index contributed by atoms with van der Waals surface area (Å²) in [5, 5.41) is 9.99. The summed E-state index contributed by atoms with van der Waals surface area (Å²) in [6.45, 7) is 0. The first-order chi connectivity index (χ1) is 7.11. The highest BCUT2D eigenvalue weighted by Gasteiger charge is 2.16. The molecule has 0 bridgehead atoms. The van der Waals surface area contributed by atoms with Gasteiger partial charge < -0.3 is 5.11 Å². The number of hydrogen-bond acceptors (Lipinski definition) is 1. The van der Waals surface area contributed by atoms with Gasteiger partial charge in [0.25, 0.3) is 0 Å². The van der Waals surface area contributed by atoms with Crippen LogP contribution in [0.15, 0.2) is 34.8 Å². The van der Waals surface area contributed by atoms with E-state index in [9.17, 15) is 9.18 Å². The van der Waals surface area contributed by atoms with Crippen molar-refractivity contribution < 1.29 is 14.3 Å². The van der Waals surface area contributed by atoms with Crippen molar-refractivity contribution >= 4 is 32.7 Å². The lowest BCUT2D eigenvalue weighted by Crippen LogP contribution is -2.01. The molecule has 0 radical (unpaired) electrons. The maximum atomic E-state index is 13.4. The Bertz CT molecular complexity index is 552. The Morgan fingerprint density at radius 1 is 1.27 bits per heavy atom. The molecule has 0 heterocycles. The minimum atomic E-state index is -1.25. The van der Waals surface area contributed by atoms with Gasteiger partial charge in [0.1, 0.15) is 11.4 Å². The summed E-state index contributed by atoms with van der Waals surface area (Å²) < 4.78 is 14.0. The van der Waals surface area contributed by atoms with Crippen molar-refractivity contribution in [3.63, 3.8) is 0 Å². The van der Waals surface area contributed by atoms with E-state index in [4.69, 9.17) is 5.11 Å². The van der Waals surface area contributed by atoms with E-state index in [0.717, 1.165) is 0 Å². The first kappa shape index (κ1) is 10.1. The standard InChI is InChI=1S/C11H6BrFO2/c12-8-5-9(13)10(11(14)15)7-4-2-1-3-6(7)8/h1-5H,(H,14,15). The third kappa shape index (κ3) is 1.61. The number of aromatic carboxylic acids is 1. The zero-order valence-electron chi connectivity index (χ0n) is 7.50. The van der Waals surface area contributed by atoms with Crippen LogP contribution in [0.25, 0.3) is 10.8 Å². The molecule has 1 N–H and O–H groups in total. The van der Waals surface area contributed by atoms with Crippen LogP contribution in [-0.4, -0.2) is 11.1 Å². The fourth-order valence-electron chi connectivity index (χ4n) is 1.52. The zero-order valence-corrected chi connectivity index (χ0v) is 9.08. The average Bonchev–Trinajstić information content (AvgIpc) is 2.17. The van der Waals surface area contributed by atoms with Crippen LogP contribution in [0, 0.1) is 5.82 Å². The SMILES string of the molecule is O=C(O)c1c(F)cc(Br)c2ccccc12. The van der Waals surface area contributed by atoms with Gasteiger partial charge >= 0.3 is 5.97 Å². The molecule has 4 heteroatoms. The Morgan fingerprint density at radius 3 is 2.47 bits per heavy atom. The van der Waals surface area contributed by atoms with E-state index in [2.05, 4.69) is 15.9 Å². The first-order valence-corrected chi connectivity index (χ1v) is 5.00. The van der Waals surface area contributed by atoms with E-state index in [1.165, 1.54) is 6.07 Å². The molecule has 0 amide bonds. The lowest BCUT2D eigenvalue weighted by atomic mass is 10.0. The molecule has 0 spiro atoms. The minimum absolute atomic E-state index is 0.284. The fraction of sp³-hybridized carbons (Fsp3) is 0. The third-order valence-corrected chi connectivity index (χ3v) is 2.82. The van der Waals surface area contributed by atoms with Crippen molar-refractivity contribution in [3.8, 4) is 0 Å². The van der Waals surface area contributed by atoms with Gasteiger partial charge in [0.2, 0.25) is 0 Å². The molecular weight excluding hydrogens is 263 g/mol. The molecule has 0 aliphatic heterocycles. The van der Waals surface area contributed by atoms with E-state index in [1.54, 1.807) is 24.3 Å². The summed E-state index contributed by atoms with van der Waals surface area (Å²) in [7, 11) is 0. The first-order valence-electron chi connectivity index (χ1n) is 4.21. The fourth-order valence-corrected chi connectivity index (χ4v) is 2.06. The number of halogens is 2. The van der Waals surface area contributed by atoms with Crippen molar-refractivity contribution in [2.45, 2.75) is 0 Å². The summed E-state index contributed by atoms with van der Waals surface area (Å²) in [5.41, 5.74) is -0.284. The van der Waals surface area contributed by atoms with Crippen LogP contribution in [0.3, 0.4) is 0 Å². The summed E-state index contributed by atoms with van der Waals surface area (Å²) in [6.07, 6.45) is 0. The van der Waals surface area contributed by atoms with Crippen LogP contribution in [0.4, 0.5) is 4.39 Å². The molecule has 0 saturated carbocycles. The molecule has 2 aromatic rings. The quantitative estimate of drug-likeness (QED) is 0.861. The number of rotatable bonds is 1. The Balaban J connectivity index is 2.96. The summed E-state index contributed by atoms with van der Waals surface area (Å²) in [5.74, 6) is -1.98. The normalized spacial score (nSPS) is 10.5. The Labute approximate surface area is 93.5 Å². The average molecular weight is 269 g/mol. The van der Waals surface area contributed by atoms with Gasteiger partial charge in [-0.2, -0.15) is 0 Å². The molecule has 2 rings (SSSR count). The van der Waals surface area contributed by atoms with Crippen molar-refractivity contribution in [1.82, 2.24) is 0 Å². The largest absolute Gasteiger partial charge is 0.478 e. The molecule has 0 aliphatic carbocycles. The Hall–Kier alpha value is -1.42. The highest BCUT2D eigenvalue weighted by Crippen LogP contribution is 2.29. The molecule has 0 aliphatic rings. The van der Waals surface area contributed by atoms with E-state index < -0.39 is 11.8 Å². The number of carboxylic acid groups (broad SMARTS) is 1. The summed E-state index contributed by atoms with van der Waals surface area (Å²) in [4.78, 5) is 10.9. The van der Waals surface area contributed by atoms with E-state index in [-0.39, 0.29) is 5.56 Å². The van der Waals surface area contributed by atoms with Gasteiger partial charge in [-0.3, -0.25) is 0 Å². The van der Waals surface area contributed by atoms with Gasteiger partial charge in [-0.1, -0.05) is 40.2 Å². The van der Waals surface area contributed by atoms with E-state index in [1.807, 2.05) is 0 Å². The van der Waals surface area contributed by atoms with Crippen molar-refractivity contribution in [2.24, 2.45) is 0 Å². The number of hydrogen-bond donors (Lipinski definition) is 1. The molecule has 0 aromatic heterocycles. The number of carbonyl (C=O) groups is 1. The number of benzene rings is 2. The molecular formula is C11H6BrFO2. The molecule has 2 nitrogen and oxygen atoms in total. The second-order valence-corrected chi connectivity index (χ2v) is 3.92. The monoisotopic (exact) mass is 268 g/mol. The minimum Gasteiger partial charge on any atom is -0.478 e. The molecule has 0 fully saturated rings. The molecule has 0 atom stereocenters. The van der Waals surface area contributed by atoms with Crippen LogP contribution in [0.2, 0.25) is 0 Å². The summed E-state index contributed by atoms with van der Waals surface area (Å²) >= 11 is 3.20. The second kappa shape index (κ2) is 3.62. The van der Waals surface area contributed by atoms with Gasteiger partial charge in [-0.25, -0.2) is 9.18 Å². The van der Waals surface area contributed by atoms with Gasteiger partial charge in [0, 0.05) is 9.86 Å². The Morgan fingerprint density at radius 2 is 1.87 bits per heavy atom. The van der Waals surface area contributed by atoms with Crippen LogP contribution >= 0.6 is 15.9 Å². The number of carboxylic acids is 1. The second-order valence-electron chi connectivity index (χ2n) is 3.07. The van der Waals surface area contributed by atoms with Gasteiger partial charge in [-0.15, -0.1) is 0 Å². The maximum absolute atomic E-state index is 13.4. The van der Waals surface area contributed by atoms with Crippen molar-refractivity contribution in [2.75, 3.05) is 0 Å². The van der Waals surface area contributed by atoms with E-state index in [0.29, 0.717) is 15.2 Å². The van der Waals surface area contributed by atoms with Gasteiger partial charge in [0.15, 0.2) is 0 Å². The molecule has 76 valence electrons. The smallest absolute Gasteiger partial charge is 0.339 e. The van der Waals surface area contributed by atoms with Gasteiger partial charge in [-0.05, 0) is 11.5 Å². The molecule has 15 heavy (non-hydrogen) atoms. The van der Waals surface area contributed by atoms with Crippen LogP contribution in [0.1, 0.15) is 10.4 Å². The summed E-state index contributed by atoms with van der Waals surface area (Å²) in [6, 6.07) is 7.96. The van der Waals surface area contributed by atoms with Gasteiger partial charge in [0.05, 0.1) is 0 Å². The highest BCUT2D eigenvalue weighted by atomic mass is 79.9.